The molecular weight excluding hydrogens is 224 g/mol. The lowest BCUT2D eigenvalue weighted by Crippen LogP contribution is -2.47. The minimum atomic E-state index is 0.537. The monoisotopic (exact) mass is 242 g/mol. The fourth-order valence-corrected chi connectivity index (χ4v) is 2.59. The largest absolute Gasteiger partial charge is 0.295 e. The second kappa shape index (κ2) is 4.53. The molecule has 0 spiro atoms. The van der Waals surface area contributed by atoms with Crippen LogP contribution in [0.5, 0.6) is 0 Å². The summed E-state index contributed by atoms with van der Waals surface area (Å²) in [5.74, 6) is 0. The van der Waals surface area contributed by atoms with Gasteiger partial charge in [-0.3, -0.25) is 14.6 Å². The molecule has 1 fully saturated rings. The summed E-state index contributed by atoms with van der Waals surface area (Å²) >= 11 is 0. The summed E-state index contributed by atoms with van der Waals surface area (Å²) < 4.78 is 2.16. The molecule has 18 heavy (non-hydrogen) atoms. The van der Waals surface area contributed by atoms with Crippen LogP contribution in [0.4, 0.5) is 0 Å². The van der Waals surface area contributed by atoms with Crippen molar-refractivity contribution in [2.24, 2.45) is 0 Å². The van der Waals surface area contributed by atoms with Crippen LogP contribution in [-0.4, -0.2) is 32.8 Å². The lowest BCUT2D eigenvalue weighted by molar-refractivity contribution is 0.0892. The quantitative estimate of drug-likeness (QED) is 0.825. The van der Waals surface area contributed by atoms with E-state index in [-0.39, 0.29) is 0 Å². The van der Waals surface area contributed by atoms with Crippen LogP contribution in [0, 0.1) is 13.8 Å². The van der Waals surface area contributed by atoms with E-state index in [0.29, 0.717) is 6.04 Å². The first-order chi connectivity index (χ1) is 8.72. The van der Waals surface area contributed by atoms with Gasteiger partial charge < -0.3 is 0 Å². The number of rotatable bonds is 3. The molecule has 1 aliphatic rings. The number of aryl methyl sites for hydroxylation is 2. The van der Waals surface area contributed by atoms with Crippen molar-refractivity contribution in [2.75, 3.05) is 13.1 Å². The zero-order valence-corrected chi connectivity index (χ0v) is 10.9. The van der Waals surface area contributed by atoms with E-state index in [9.17, 15) is 0 Å². The molecule has 0 N–H and O–H groups in total. The van der Waals surface area contributed by atoms with Crippen molar-refractivity contribution in [3.63, 3.8) is 0 Å². The molecule has 0 aromatic carbocycles. The zero-order chi connectivity index (χ0) is 12.5. The highest BCUT2D eigenvalue weighted by atomic mass is 15.4. The number of aromatic nitrogens is 3. The summed E-state index contributed by atoms with van der Waals surface area (Å²) in [5.41, 5.74) is 3.65. The lowest BCUT2D eigenvalue weighted by atomic mass is 10.1. The molecule has 0 radical (unpaired) electrons. The van der Waals surface area contributed by atoms with E-state index in [1.54, 1.807) is 0 Å². The third-order valence-electron chi connectivity index (χ3n) is 3.46. The second-order valence-electron chi connectivity index (χ2n) is 5.08. The van der Waals surface area contributed by atoms with Gasteiger partial charge in [-0.2, -0.15) is 5.10 Å². The van der Waals surface area contributed by atoms with Gasteiger partial charge in [-0.15, -0.1) is 0 Å². The maximum atomic E-state index is 4.55. The SMILES string of the molecule is Cc1cc(C)n(C2CN(Cc3cccnc3)C2)n1. The number of hydrogen-bond donors (Lipinski definition) is 0. The maximum Gasteiger partial charge on any atom is 0.0776 e. The fraction of sp³-hybridized carbons (Fsp3) is 0.429. The van der Waals surface area contributed by atoms with Crippen molar-refractivity contribution >= 4 is 0 Å². The lowest BCUT2D eigenvalue weighted by Gasteiger charge is -2.39. The molecule has 4 heteroatoms. The molecule has 1 aliphatic heterocycles. The summed E-state index contributed by atoms with van der Waals surface area (Å²) in [6.45, 7) is 7.33. The first kappa shape index (κ1) is 11.4. The molecule has 3 heterocycles. The summed E-state index contributed by atoms with van der Waals surface area (Å²) in [7, 11) is 0. The van der Waals surface area contributed by atoms with Crippen LogP contribution in [0.15, 0.2) is 30.6 Å². The van der Waals surface area contributed by atoms with E-state index in [1.165, 1.54) is 11.3 Å². The molecule has 0 atom stereocenters. The van der Waals surface area contributed by atoms with E-state index >= 15 is 0 Å². The highest BCUT2D eigenvalue weighted by molar-refractivity contribution is 5.11. The molecule has 94 valence electrons. The minimum Gasteiger partial charge on any atom is -0.295 e. The van der Waals surface area contributed by atoms with E-state index in [4.69, 9.17) is 0 Å². The highest BCUT2D eigenvalue weighted by Gasteiger charge is 2.29. The van der Waals surface area contributed by atoms with Gasteiger partial charge in [0.25, 0.3) is 0 Å². The maximum absolute atomic E-state index is 4.55. The average molecular weight is 242 g/mol. The third kappa shape index (κ3) is 2.16. The molecule has 4 nitrogen and oxygen atoms in total. The molecule has 0 unspecified atom stereocenters. The van der Waals surface area contributed by atoms with Gasteiger partial charge >= 0.3 is 0 Å². The van der Waals surface area contributed by atoms with E-state index in [2.05, 4.69) is 45.6 Å². The van der Waals surface area contributed by atoms with E-state index < -0.39 is 0 Å². The van der Waals surface area contributed by atoms with Crippen LogP contribution in [-0.2, 0) is 6.54 Å². The highest BCUT2D eigenvalue weighted by Crippen LogP contribution is 2.24. The number of likely N-dealkylation sites (tertiary alicyclic amines) is 1. The standard InChI is InChI=1S/C14H18N4/c1-11-6-12(2)18(16-11)14-9-17(10-14)8-13-4-3-5-15-7-13/h3-7,14H,8-10H2,1-2H3. The molecule has 0 saturated carbocycles. The average Bonchev–Trinajstić information content (AvgIpc) is 2.64. The van der Waals surface area contributed by atoms with Gasteiger partial charge in [0.05, 0.1) is 11.7 Å². The first-order valence-corrected chi connectivity index (χ1v) is 6.36. The molecular formula is C14H18N4. The Morgan fingerprint density at radius 3 is 2.78 bits per heavy atom. The molecule has 3 rings (SSSR count). The Hall–Kier alpha value is -1.68. The number of hydrogen-bond acceptors (Lipinski definition) is 3. The van der Waals surface area contributed by atoms with Gasteiger partial charge in [-0.25, -0.2) is 0 Å². The summed E-state index contributed by atoms with van der Waals surface area (Å²) in [5, 5.41) is 4.55. The summed E-state index contributed by atoms with van der Waals surface area (Å²) in [6.07, 6.45) is 3.76. The fourth-order valence-electron chi connectivity index (χ4n) is 2.59. The summed E-state index contributed by atoms with van der Waals surface area (Å²) in [6, 6.07) is 6.80. The Labute approximate surface area is 107 Å². The molecule has 2 aromatic rings. The van der Waals surface area contributed by atoms with Crippen molar-refractivity contribution in [3.8, 4) is 0 Å². The van der Waals surface area contributed by atoms with Crippen molar-refractivity contribution < 1.29 is 0 Å². The van der Waals surface area contributed by atoms with Crippen LogP contribution in [0.25, 0.3) is 0 Å². The predicted molar refractivity (Wildman–Crippen MR) is 70.3 cm³/mol. The third-order valence-corrected chi connectivity index (χ3v) is 3.46. The Bertz CT molecular complexity index is 526. The van der Waals surface area contributed by atoms with Gasteiger partial charge in [0, 0.05) is 37.7 Å². The zero-order valence-electron chi connectivity index (χ0n) is 10.9. The van der Waals surface area contributed by atoms with Crippen molar-refractivity contribution in [2.45, 2.75) is 26.4 Å². The molecule has 0 aliphatic carbocycles. The van der Waals surface area contributed by atoms with Crippen LogP contribution in [0.1, 0.15) is 23.0 Å². The molecule has 0 bridgehead atoms. The van der Waals surface area contributed by atoms with Gasteiger partial charge in [0.1, 0.15) is 0 Å². The molecule has 2 aromatic heterocycles. The predicted octanol–water partition coefficient (Wildman–Crippen LogP) is 1.95. The second-order valence-corrected chi connectivity index (χ2v) is 5.08. The Kier molecular flexibility index (Phi) is 2.88. The number of nitrogens with zero attached hydrogens (tertiary/aromatic N) is 4. The van der Waals surface area contributed by atoms with Crippen molar-refractivity contribution in [1.82, 2.24) is 19.7 Å². The van der Waals surface area contributed by atoms with Crippen LogP contribution < -0.4 is 0 Å². The number of pyridine rings is 1. The smallest absolute Gasteiger partial charge is 0.0776 e. The topological polar surface area (TPSA) is 34.0 Å². The Balaban J connectivity index is 1.59. The minimum absolute atomic E-state index is 0.537. The van der Waals surface area contributed by atoms with E-state index in [0.717, 1.165) is 25.3 Å². The van der Waals surface area contributed by atoms with Crippen LogP contribution in [0.2, 0.25) is 0 Å². The Morgan fingerprint density at radius 2 is 2.17 bits per heavy atom. The van der Waals surface area contributed by atoms with Crippen LogP contribution >= 0.6 is 0 Å². The molecule has 1 saturated heterocycles. The van der Waals surface area contributed by atoms with Gasteiger partial charge in [-0.05, 0) is 31.5 Å². The van der Waals surface area contributed by atoms with Gasteiger partial charge in [-0.1, -0.05) is 6.07 Å². The van der Waals surface area contributed by atoms with Crippen molar-refractivity contribution in [3.05, 3.63) is 47.5 Å². The van der Waals surface area contributed by atoms with E-state index in [1.807, 2.05) is 18.5 Å². The van der Waals surface area contributed by atoms with Crippen molar-refractivity contribution in [1.29, 1.82) is 0 Å². The first-order valence-electron chi connectivity index (χ1n) is 6.36. The van der Waals surface area contributed by atoms with Gasteiger partial charge in [0.15, 0.2) is 0 Å². The normalized spacial score (nSPS) is 16.8. The summed E-state index contributed by atoms with van der Waals surface area (Å²) in [4.78, 5) is 6.58. The van der Waals surface area contributed by atoms with Gasteiger partial charge in [0.2, 0.25) is 0 Å². The molecule has 0 amide bonds. The Morgan fingerprint density at radius 1 is 1.33 bits per heavy atom. The van der Waals surface area contributed by atoms with Crippen LogP contribution in [0.3, 0.4) is 0 Å².